The molecule has 1 aliphatic heterocycles. The number of benzene rings is 2. The summed E-state index contributed by atoms with van der Waals surface area (Å²) in [6, 6.07) is 13.1. The van der Waals surface area contributed by atoms with E-state index in [2.05, 4.69) is 27.6 Å². The average Bonchev–Trinajstić information content (AvgIpc) is 2.98. The summed E-state index contributed by atoms with van der Waals surface area (Å²) >= 11 is 2.21. The molecule has 26 heavy (non-hydrogen) atoms. The van der Waals surface area contributed by atoms with E-state index in [4.69, 9.17) is 14.2 Å². The van der Waals surface area contributed by atoms with Crippen molar-refractivity contribution in [2.45, 2.75) is 13.8 Å². The molecule has 2 aromatic rings. The van der Waals surface area contributed by atoms with E-state index >= 15 is 0 Å². The average molecular weight is 463 g/mol. The van der Waals surface area contributed by atoms with Gasteiger partial charge in [-0.15, -0.1) is 0 Å². The van der Waals surface area contributed by atoms with Gasteiger partial charge in [-0.2, -0.15) is 0 Å². The number of ether oxygens (including phenoxy) is 3. The smallest absolute Gasteiger partial charge is 0.363 e. The van der Waals surface area contributed by atoms with E-state index in [-0.39, 0.29) is 5.70 Å². The van der Waals surface area contributed by atoms with Crippen LogP contribution in [0, 0.1) is 3.57 Å². The van der Waals surface area contributed by atoms with E-state index in [9.17, 15) is 4.79 Å². The van der Waals surface area contributed by atoms with Crippen molar-refractivity contribution in [2.75, 3.05) is 13.2 Å². The largest absolute Gasteiger partial charge is 0.490 e. The minimum absolute atomic E-state index is 0.255. The summed E-state index contributed by atoms with van der Waals surface area (Å²) in [5.41, 5.74) is 1.82. The fourth-order valence-electron chi connectivity index (χ4n) is 2.47. The molecule has 5 nitrogen and oxygen atoms in total. The van der Waals surface area contributed by atoms with Crippen molar-refractivity contribution in [3.63, 3.8) is 0 Å². The lowest BCUT2D eigenvalue weighted by atomic mass is 10.1. The minimum atomic E-state index is -0.467. The van der Waals surface area contributed by atoms with Gasteiger partial charge in [0.15, 0.2) is 17.2 Å². The Labute approximate surface area is 165 Å². The Hall–Kier alpha value is -2.35. The Balaban J connectivity index is 1.91. The quantitative estimate of drug-likeness (QED) is 0.361. The normalized spacial score (nSPS) is 15.0. The highest BCUT2D eigenvalue weighted by Gasteiger charge is 2.24. The molecule has 6 heteroatoms. The maximum Gasteiger partial charge on any atom is 0.363 e. The van der Waals surface area contributed by atoms with Gasteiger partial charge in [0.1, 0.15) is 0 Å². The predicted octanol–water partition coefficient (Wildman–Crippen LogP) is 4.43. The van der Waals surface area contributed by atoms with Crippen LogP contribution in [-0.2, 0) is 9.53 Å². The summed E-state index contributed by atoms with van der Waals surface area (Å²) in [7, 11) is 0. The van der Waals surface area contributed by atoms with E-state index in [0.29, 0.717) is 30.6 Å². The molecule has 0 aliphatic carbocycles. The van der Waals surface area contributed by atoms with Gasteiger partial charge in [-0.1, -0.05) is 12.1 Å². The molecule has 0 saturated heterocycles. The monoisotopic (exact) mass is 463 g/mol. The van der Waals surface area contributed by atoms with Crippen LogP contribution < -0.4 is 9.47 Å². The Morgan fingerprint density at radius 2 is 1.85 bits per heavy atom. The Kier molecular flexibility index (Phi) is 5.92. The van der Waals surface area contributed by atoms with Crippen LogP contribution in [0.2, 0.25) is 0 Å². The number of esters is 1. The summed E-state index contributed by atoms with van der Waals surface area (Å²) in [4.78, 5) is 16.5. The number of carbonyl (C=O) groups is 1. The lowest BCUT2D eigenvalue weighted by Gasteiger charge is -2.11. The number of hydrogen-bond donors (Lipinski definition) is 0. The van der Waals surface area contributed by atoms with Crippen LogP contribution in [0.5, 0.6) is 11.5 Å². The van der Waals surface area contributed by atoms with Gasteiger partial charge >= 0.3 is 5.97 Å². The summed E-state index contributed by atoms with van der Waals surface area (Å²) in [5.74, 6) is 1.16. The zero-order chi connectivity index (χ0) is 18.5. The van der Waals surface area contributed by atoms with Crippen molar-refractivity contribution in [3.8, 4) is 11.5 Å². The van der Waals surface area contributed by atoms with E-state index in [1.807, 2.05) is 56.3 Å². The molecule has 0 spiro atoms. The van der Waals surface area contributed by atoms with Gasteiger partial charge in [0.2, 0.25) is 5.90 Å². The Bertz CT molecular complexity index is 889. The maximum atomic E-state index is 12.2. The molecule has 0 saturated carbocycles. The standard InChI is InChI=1S/C20H18INO4/c1-3-24-17-9-8-13(11-18(17)25-4-2)10-16-20(23)26-19(22-16)14-6-5-7-15(21)12-14/h5-12H,3-4H2,1-2H3/b16-10-. The van der Waals surface area contributed by atoms with Gasteiger partial charge in [0.05, 0.1) is 13.2 Å². The second kappa shape index (κ2) is 8.35. The van der Waals surface area contributed by atoms with Crippen LogP contribution in [0.15, 0.2) is 53.2 Å². The van der Waals surface area contributed by atoms with E-state index < -0.39 is 5.97 Å². The molecule has 0 atom stereocenters. The molecule has 0 amide bonds. The van der Waals surface area contributed by atoms with Gasteiger partial charge in [0, 0.05) is 9.13 Å². The summed E-state index contributed by atoms with van der Waals surface area (Å²) in [6.45, 7) is 4.90. The molecule has 0 radical (unpaired) electrons. The predicted molar refractivity (Wildman–Crippen MR) is 109 cm³/mol. The van der Waals surface area contributed by atoms with Crippen molar-refractivity contribution in [1.82, 2.24) is 0 Å². The number of carbonyl (C=O) groups excluding carboxylic acids is 1. The third-order valence-corrected chi connectivity index (χ3v) is 4.23. The number of hydrogen-bond acceptors (Lipinski definition) is 5. The van der Waals surface area contributed by atoms with Crippen LogP contribution in [0.1, 0.15) is 25.0 Å². The van der Waals surface area contributed by atoms with Crippen LogP contribution >= 0.6 is 22.6 Å². The molecular formula is C20H18INO4. The van der Waals surface area contributed by atoms with E-state index in [1.165, 1.54) is 0 Å². The minimum Gasteiger partial charge on any atom is -0.490 e. The van der Waals surface area contributed by atoms with E-state index in [0.717, 1.165) is 14.7 Å². The van der Waals surface area contributed by atoms with Gasteiger partial charge in [-0.25, -0.2) is 9.79 Å². The number of aliphatic imine (C=N–C) groups is 1. The SMILES string of the molecule is CCOc1ccc(/C=C2\N=C(c3cccc(I)c3)OC2=O)cc1OCC. The first-order valence-electron chi connectivity index (χ1n) is 8.29. The number of rotatable bonds is 6. The topological polar surface area (TPSA) is 57.1 Å². The summed E-state index contributed by atoms with van der Waals surface area (Å²) < 4.78 is 17.5. The third-order valence-electron chi connectivity index (χ3n) is 3.56. The summed E-state index contributed by atoms with van der Waals surface area (Å²) in [5, 5.41) is 0. The van der Waals surface area contributed by atoms with Crippen molar-refractivity contribution < 1.29 is 19.0 Å². The molecule has 134 valence electrons. The van der Waals surface area contributed by atoms with Gasteiger partial charge in [0.25, 0.3) is 0 Å². The highest BCUT2D eigenvalue weighted by molar-refractivity contribution is 14.1. The van der Waals surface area contributed by atoms with Crippen LogP contribution in [0.4, 0.5) is 0 Å². The third kappa shape index (κ3) is 4.24. The fraction of sp³-hybridized carbons (Fsp3) is 0.200. The highest BCUT2D eigenvalue weighted by Crippen LogP contribution is 2.30. The molecule has 1 heterocycles. The van der Waals surface area contributed by atoms with Gasteiger partial charge < -0.3 is 14.2 Å². The molecule has 0 bridgehead atoms. The van der Waals surface area contributed by atoms with Gasteiger partial charge in [-0.3, -0.25) is 0 Å². The van der Waals surface area contributed by atoms with Crippen molar-refractivity contribution in [3.05, 3.63) is 62.9 Å². The number of halogens is 1. The second-order valence-electron chi connectivity index (χ2n) is 5.42. The zero-order valence-corrected chi connectivity index (χ0v) is 16.6. The summed E-state index contributed by atoms with van der Waals surface area (Å²) in [6.07, 6.45) is 1.68. The molecule has 0 unspecified atom stereocenters. The number of cyclic esters (lactones) is 1. The first-order valence-corrected chi connectivity index (χ1v) is 9.36. The Morgan fingerprint density at radius 1 is 1.08 bits per heavy atom. The fourth-order valence-corrected chi connectivity index (χ4v) is 3.01. The zero-order valence-electron chi connectivity index (χ0n) is 14.5. The first-order chi connectivity index (χ1) is 12.6. The lowest BCUT2D eigenvalue weighted by molar-refractivity contribution is -0.129. The van der Waals surface area contributed by atoms with Crippen LogP contribution in [0.3, 0.4) is 0 Å². The maximum absolute atomic E-state index is 12.2. The van der Waals surface area contributed by atoms with Crippen LogP contribution in [-0.4, -0.2) is 25.1 Å². The van der Waals surface area contributed by atoms with Crippen molar-refractivity contribution >= 4 is 40.5 Å². The lowest BCUT2D eigenvalue weighted by Crippen LogP contribution is -2.05. The second-order valence-corrected chi connectivity index (χ2v) is 6.66. The van der Waals surface area contributed by atoms with Crippen molar-refractivity contribution in [2.24, 2.45) is 4.99 Å². The molecule has 1 aliphatic rings. The molecule has 2 aromatic carbocycles. The molecule has 0 aromatic heterocycles. The van der Waals surface area contributed by atoms with Crippen LogP contribution in [0.25, 0.3) is 6.08 Å². The molecule has 0 N–H and O–H groups in total. The highest BCUT2D eigenvalue weighted by atomic mass is 127. The number of nitrogens with zero attached hydrogens (tertiary/aromatic N) is 1. The van der Waals surface area contributed by atoms with Gasteiger partial charge in [-0.05, 0) is 78.4 Å². The Morgan fingerprint density at radius 3 is 2.58 bits per heavy atom. The van der Waals surface area contributed by atoms with E-state index in [1.54, 1.807) is 6.08 Å². The first kappa shape index (κ1) is 18.4. The molecule has 0 fully saturated rings. The molecular weight excluding hydrogens is 445 g/mol. The molecule has 3 rings (SSSR count). The van der Waals surface area contributed by atoms with Crippen molar-refractivity contribution in [1.29, 1.82) is 0 Å².